The number of nitrogens with zero attached hydrogens (tertiary/aromatic N) is 1. The Bertz CT molecular complexity index is 1700. The van der Waals surface area contributed by atoms with Crippen LogP contribution in [0, 0.1) is 0 Å². The molecule has 454 valence electrons. The molecule has 0 aliphatic heterocycles. The predicted molar refractivity (Wildman–Crippen MR) is 343 cm³/mol. The largest absolute Gasteiger partial charge is 0.756 e. The molecule has 2 N–H and O–H groups in total. The fraction of sp³-hybridized carbons (Fsp3) is 0.700. The van der Waals surface area contributed by atoms with Crippen LogP contribution in [0.3, 0.4) is 0 Å². The third kappa shape index (κ3) is 62.4. The molecule has 0 radical (unpaired) electrons. The summed E-state index contributed by atoms with van der Waals surface area (Å²) in [5, 5.41) is 13.9. The minimum atomic E-state index is -4.61. The predicted octanol–water partition coefficient (Wildman–Crippen LogP) is 19.9. The monoisotopic (exact) mass is 1120 g/mol. The number of aliphatic hydroxyl groups excluding tert-OH is 1. The molecule has 0 heterocycles. The fourth-order valence-corrected chi connectivity index (χ4v) is 9.61. The van der Waals surface area contributed by atoms with E-state index in [4.69, 9.17) is 9.05 Å². The van der Waals surface area contributed by atoms with E-state index in [9.17, 15) is 19.4 Å². The minimum absolute atomic E-state index is 0.0105. The molecule has 1 amide bonds. The van der Waals surface area contributed by atoms with E-state index < -0.39 is 26.6 Å². The fourth-order valence-electron chi connectivity index (χ4n) is 8.89. The number of amides is 1. The topological polar surface area (TPSA) is 108 Å². The molecule has 0 aromatic rings. The van der Waals surface area contributed by atoms with E-state index in [-0.39, 0.29) is 12.5 Å². The molecule has 8 nitrogen and oxygen atoms in total. The van der Waals surface area contributed by atoms with Crippen molar-refractivity contribution in [3.05, 3.63) is 122 Å². The molecular weight excluding hydrogens is 996 g/mol. The lowest BCUT2D eigenvalue weighted by atomic mass is 10.0. The number of hydrogen-bond acceptors (Lipinski definition) is 6. The van der Waals surface area contributed by atoms with Gasteiger partial charge in [-0.25, -0.2) is 0 Å². The number of allylic oxidation sites excluding steroid dienone is 19. The van der Waals surface area contributed by atoms with Gasteiger partial charge in [0.2, 0.25) is 5.91 Å². The molecule has 0 saturated carbocycles. The molecule has 0 aliphatic rings. The molecule has 0 aliphatic carbocycles. The summed E-state index contributed by atoms with van der Waals surface area (Å²) in [6.07, 6.45) is 88.7. The molecule has 0 aromatic carbocycles. The zero-order chi connectivity index (χ0) is 57.7. The van der Waals surface area contributed by atoms with E-state index >= 15 is 0 Å². The molecular formula is C70H123N2O6P. The number of carbonyl (C=O) groups excluding carboxylic acids is 1. The van der Waals surface area contributed by atoms with Crippen LogP contribution in [0.5, 0.6) is 0 Å². The number of carbonyl (C=O) groups is 1. The van der Waals surface area contributed by atoms with Gasteiger partial charge in [-0.3, -0.25) is 9.36 Å². The first-order chi connectivity index (χ1) is 38.5. The van der Waals surface area contributed by atoms with Gasteiger partial charge in [-0.15, -0.1) is 0 Å². The lowest BCUT2D eigenvalue weighted by Gasteiger charge is -2.29. The van der Waals surface area contributed by atoms with Crippen molar-refractivity contribution < 1.29 is 32.9 Å². The van der Waals surface area contributed by atoms with Gasteiger partial charge < -0.3 is 28.8 Å². The van der Waals surface area contributed by atoms with Crippen molar-refractivity contribution in [2.75, 3.05) is 40.9 Å². The Morgan fingerprint density at radius 1 is 0.456 bits per heavy atom. The van der Waals surface area contributed by atoms with Crippen LogP contribution in [0.2, 0.25) is 0 Å². The molecule has 79 heavy (non-hydrogen) atoms. The van der Waals surface area contributed by atoms with E-state index in [2.05, 4.69) is 129 Å². The molecule has 0 fully saturated rings. The summed E-state index contributed by atoms with van der Waals surface area (Å²) in [5.74, 6) is -0.211. The number of phosphoric ester groups is 1. The number of hydrogen-bond donors (Lipinski definition) is 2. The maximum absolute atomic E-state index is 13.0. The van der Waals surface area contributed by atoms with Gasteiger partial charge in [-0.2, -0.15) is 0 Å². The van der Waals surface area contributed by atoms with Crippen LogP contribution in [0.4, 0.5) is 0 Å². The van der Waals surface area contributed by atoms with Crippen molar-refractivity contribution in [2.24, 2.45) is 0 Å². The SMILES string of the molecule is CC/C=C\C/C=C\C/C=C\C/C=C\C/C=C\C/C=C\C/C=C\C/C=C\CCCCCCCCCCCCCCCCC(=O)NC(COP(=O)([O-])OCC[N+](C)(C)C)C(O)/C=C/CC/C=C/CCCCCCCCCCCCCC. The van der Waals surface area contributed by atoms with E-state index in [1.807, 2.05) is 27.2 Å². The third-order valence-corrected chi connectivity index (χ3v) is 14.9. The molecule has 0 bridgehead atoms. The summed E-state index contributed by atoms with van der Waals surface area (Å²) in [7, 11) is 1.24. The lowest BCUT2D eigenvalue weighted by molar-refractivity contribution is -0.870. The maximum Gasteiger partial charge on any atom is 0.268 e. The van der Waals surface area contributed by atoms with Crippen molar-refractivity contribution >= 4 is 13.7 Å². The highest BCUT2D eigenvalue weighted by Crippen LogP contribution is 2.38. The van der Waals surface area contributed by atoms with E-state index in [1.54, 1.807) is 6.08 Å². The lowest BCUT2D eigenvalue weighted by Crippen LogP contribution is -2.45. The molecule has 0 rings (SSSR count). The number of unbranched alkanes of at least 4 members (excludes halogenated alkanes) is 27. The molecule has 0 aromatic heterocycles. The summed E-state index contributed by atoms with van der Waals surface area (Å²) in [5.41, 5.74) is 0. The maximum atomic E-state index is 13.0. The summed E-state index contributed by atoms with van der Waals surface area (Å²) < 4.78 is 23.4. The highest BCUT2D eigenvalue weighted by atomic mass is 31.2. The van der Waals surface area contributed by atoms with Crippen LogP contribution >= 0.6 is 7.82 Å². The standard InChI is InChI=1S/C70H123N2O6P/c1-6-8-10-12-14-16-18-20-22-24-26-27-28-29-30-31-32-33-34-35-36-37-38-39-40-41-42-43-44-45-46-48-50-52-54-56-58-60-62-64-70(74)71-68(67-78-79(75,76)77-66-65-72(3,4)5)69(73)63-61-59-57-55-53-51-49-47-25-23-21-19-17-15-13-11-9-7-2/h8,10,14,16,20,22,26-27,29-30,32-33,35-36,38-39,53,55,61,63,68-69,73H,6-7,9,11-13,15,17-19,21,23-25,28,31,34,37,40-52,54,56-60,62,64-67H2,1-5H3,(H-,71,74,75,76)/b10-8-,16-14-,22-20-,27-26-,30-29-,33-32-,36-35-,39-38-,55-53+,63-61+. The summed E-state index contributed by atoms with van der Waals surface area (Å²) in [6.45, 7) is 4.52. The van der Waals surface area contributed by atoms with Crippen LogP contribution < -0.4 is 10.2 Å². The first-order valence-corrected chi connectivity index (χ1v) is 33.9. The highest BCUT2D eigenvalue weighted by molar-refractivity contribution is 7.45. The molecule has 3 unspecified atom stereocenters. The second-order valence-corrected chi connectivity index (χ2v) is 24.1. The second-order valence-electron chi connectivity index (χ2n) is 22.7. The van der Waals surface area contributed by atoms with Gasteiger partial charge >= 0.3 is 0 Å². The Morgan fingerprint density at radius 3 is 1.18 bits per heavy atom. The van der Waals surface area contributed by atoms with Crippen LogP contribution in [-0.4, -0.2) is 68.5 Å². The summed E-state index contributed by atoms with van der Waals surface area (Å²) in [4.78, 5) is 25.5. The normalized spacial score (nSPS) is 14.6. The zero-order valence-electron chi connectivity index (χ0n) is 51.8. The molecule has 0 spiro atoms. The average molecular weight is 1120 g/mol. The molecule has 3 atom stereocenters. The van der Waals surface area contributed by atoms with E-state index in [0.717, 1.165) is 89.9 Å². The number of phosphoric acid groups is 1. The van der Waals surface area contributed by atoms with E-state index in [0.29, 0.717) is 17.4 Å². The first-order valence-electron chi connectivity index (χ1n) is 32.4. The van der Waals surface area contributed by atoms with Crippen LogP contribution in [-0.2, 0) is 18.4 Å². The van der Waals surface area contributed by atoms with Gasteiger partial charge in [0, 0.05) is 6.42 Å². The smallest absolute Gasteiger partial charge is 0.268 e. The minimum Gasteiger partial charge on any atom is -0.756 e. The Labute approximate surface area is 488 Å². The van der Waals surface area contributed by atoms with Crippen molar-refractivity contribution in [2.45, 2.75) is 276 Å². The number of nitrogens with one attached hydrogen (secondary N) is 1. The van der Waals surface area contributed by atoms with Gasteiger partial charge in [0.05, 0.1) is 39.9 Å². The Morgan fingerprint density at radius 2 is 0.785 bits per heavy atom. The van der Waals surface area contributed by atoms with Crippen LogP contribution in [0.1, 0.15) is 264 Å². The number of aliphatic hydroxyl groups is 1. The average Bonchev–Trinajstić information content (AvgIpc) is 3.42. The summed E-state index contributed by atoms with van der Waals surface area (Å²) in [6, 6.07) is -0.911. The van der Waals surface area contributed by atoms with Gasteiger partial charge in [0.15, 0.2) is 0 Å². The Kier molecular flexibility index (Phi) is 57.2. The van der Waals surface area contributed by atoms with Crippen molar-refractivity contribution in [3.8, 4) is 0 Å². The molecule has 0 saturated heterocycles. The van der Waals surface area contributed by atoms with Crippen LogP contribution in [0.25, 0.3) is 0 Å². The van der Waals surface area contributed by atoms with Crippen molar-refractivity contribution in [3.63, 3.8) is 0 Å². The second kappa shape index (κ2) is 59.5. The van der Waals surface area contributed by atoms with Gasteiger partial charge in [0.1, 0.15) is 13.2 Å². The number of rotatable bonds is 58. The highest BCUT2D eigenvalue weighted by Gasteiger charge is 2.23. The van der Waals surface area contributed by atoms with Crippen molar-refractivity contribution in [1.82, 2.24) is 5.32 Å². The summed E-state index contributed by atoms with van der Waals surface area (Å²) >= 11 is 0. The van der Waals surface area contributed by atoms with Gasteiger partial charge in [-0.1, -0.05) is 283 Å². The van der Waals surface area contributed by atoms with Crippen molar-refractivity contribution in [1.29, 1.82) is 0 Å². The molecule has 9 heteroatoms. The first kappa shape index (κ1) is 75.9. The number of likely N-dealkylation sites (N-methyl/N-ethyl adjacent to an activating group) is 1. The Hall–Kier alpha value is -3.10. The van der Waals surface area contributed by atoms with Gasteiger partial charge in [-0.05, 0) is 96.3 Å². The van der Waals surface area contributed by atoms with Gasteiger partial charge in [0.25, 0.3) is 7.82 Å². The quantitative estimate of drug-likeness (QED) is 0.0272. The third-order valence-electron chi connectivity index (χ3n) is 13.9. The zero-order valence-corrected chi connectivity index (χ0v) is 52.7. The van der Waals surface area contributed by atoms with E-state index in [1.165, 1.54) is 154 Å². The number of quaternary nitrogens is 1. The van der Waals surface area contributed by atoms with Crippen LogP contribution in [0.15, 0.2) is 122 Å². The Balaban J connectivity index is 4.09.